The van der Waals surface area contributed by atoms with E-state index in [0.29, 0.717) is 12.2 Å². The van der Waals surface area contributed by atoms with Crippen molar-refractivity contribution in [1.82, 2.24) is 0 Å². The first kappa shape index (κ1) is 13.0. The van der Waals surface area contributed by atoms with E-state index >= 15 is 0 Å². The number of hydrogen-bond donors (Lipinski definition) is 0. The second-order valence-electron chi connectivity index (χ2n) is 4.66. The zero-order valence-corrected chi connectivity index (χ0v) is 11.6. The van der Waals surface area contributed by atoms with Crippen molar-refractivity contribution in [1.29, 1.82) is 0 Å². The molecule has 2 heteroatoms. The fourth-order valence-electron chi connectivity index (χ4n) is 2.67. The Morgan fingerprint density at radius 1 is 0.571 bits per heavy atom. The smallest absolute Gasteiger partial charge is 0.0578 e. The summed E-state index contributed by atoms with van der Waals surface area (Å²) in [5.41, 5.74) is 0. The van der Waals surface area contributed by atoms with E-state index in [4.69, 9.17) is 4.74 Å². The predicted octanol–water partition coefficient (Wildman–Crippen LogP) is 3.29. The molecule has 14 heavy (non-hydrogen) atoms. The van der Waals surface area contributed by atoms with Gasteiger partial charge in [0, 0.05) is 29.6 Å². The van der Waals surface area contributed by atoms with Gasteiger partial charge in [0.05, 0.1) is 12.2 Å². The van der Waals surface area contributed by atoms with Crippen molar-refractivity contribution in [3.8, 4) is 0 Å². The monoisotopic (exact) mass is 205 g/mol. The zero-order valence-electron chi connectivity index (χ0n) is 9.63. The van der Waals surface area contributed by atoms with E-state index in [-0.39, 0.29) is 29.6 Å². The molecule has 0 aromatic rings. The maximum absolute atomic E-state index is 6.13. The number of rotatable bonds is 2. The van der Waals surface area contributed by atoms with Gasteiger partial charge in [-0.2, -0.15) is 0 Å². The van der Waals surface area contributed by atoms with Gasteiger partial charge < -0.3 is 4.74 Å². The molecule has 0 aliphatic heterocycles. The summed E-state index contributed by atoms with van der Waals surface area (Å²) in [7, 11) is 0. The Hall–Kier alpha value is 0.960. The molecule has 2 fully saturated rings. The molecule has 1 nitrogen and oxygen atoms in total. The van der Waals surface area contributed by atoms with Gasteiger partial charge in [-0.25, -0.2) is 0 Å². The van der Waals surface area contributed by atoms with E-state index in [1.807, 2.05) is 0 Å². The first-order chi connectivity index (χ1) is 6.45. The van der Waals surface area contributed by atoms with Crippen molar-refractivity contribution in [2.24, 2.45) is 0 Å². The fraction of sp³-hybridized carbons (Fsp3) is 1.00. The Balaban J connectivity index is 0.000000980. The van der Waals surface area contributed by atoms with Crippen LogP contribution in [-0.2, 0) is 4.74 Å². The summed E-state index contributed by atoms with van der Waals surface area (Å²) in [6.07, 6.45) is 15.0. The SMILES string of the molecule is C1CCC(OC2CCCCC2)CC1.[Na]. The van der Waals surface area contributed by atoms with Gasteiger partial charge in [-0.1, -0.05) is 38.5 Å². The van der Waals surface area contributed by atoms with Crippen molar-refractivity contribution in [3.63, 3.8) is 0 Å². The maximum Gasteiger partial charge on any atom is 0.0578 e. The van der Waals surface area contributed by atoms with Gasteiger partial charge >= 0.3 is 0 Å². The number of ether oxygens (including phenoxy) is 1. The van der Waals surface area contributed by atoms with Crippen LogP contribution in [0.4, 0.5) is 0 Å². The van der Waals surface area contributed by atoms with E-state index in [1.165, 1.54) is 64.2 Å². The van der Waals surface area contributed by atoms with Crippen molar-refractivity contribution < 1.29 is 4.74 Å². The third-order valence-electron chi connectivity index (χ3n) is 3.49. The molecule has 0 saturated heterocycles. The third-order valence-corrected chi connectivity index (χ3v) is 3.49. The van der Waals surface area contributed by atoms with Crippen LogP contribution in [0, 0.1) is 0 Å². The second kappa shape index (κ2) is 7.27. The molecule has 2 aliphatic rings. The van der Waals surface area contributed by atoms with E-state index < -0.39 is 0 Å². The summed E-state index contributed by atoms with van der Waals surface area (Å²) in [6, 6.07) is 0. The Morgan fingerprint density at radius 2 is 0.929 bits per heavy atom. The van der Waals surface area contributed by atoms with Crippen molar-refractivity contribution in [2.45, 2.75) is 76.4 Å². The minimum atomic E-state index is 0. The zero-order chi connectivity index (χ0) is 8.93. The summed E-state index contributed by atoms with van der Waals surface area (Å²) >= 11 is 0. The molecule has 0 aromatic carbocycles. The van der Waals surface area contributed by atoms with Crippen LogP contribution in [0.15, 0.2) is 0 Å². The molecule has 0 spiro atoms. The van der Waals surface area contributed by atoms with Crippen LogP contribution in [0.25, 0.3) is 0 Å². The van der Waals surface area contributed by atoms with Gasteiger partial charge in [0.1, 0.15) is 0 Å². The summed E-state index contributed by atoms with van der Waals surface area (Å²) in [4.78, 5) is 0. The summed E-state index contributed by atoms with van der Waals surface area (Å²) < 4.78 is 6.13. The molecule has 0 bridgehead atoms. The van der Waals surface area contributed by atoms with Crippen LogP contribution in [0.2, 0.25) is 0 Å². The fourth-order valence-corrected chi connectivity index (χ4v) is 2.67. The topological polar surface area (TPSA) is 9.23 Å². The van der Waals surface area contributed by atoms with Gasteiger partial charge in [0.15, 0.2) is 0 Å². The van der Waals surface area contributed by atoms with Crippen LogP contribution in [0.5, 0.6) is 0 Å². The van der Waals surface area contributed by atoms with Gasteiger partial charge in [-0.15, -0.1) is 0 Å². The molecule has 2 saturated carbocycles. The van der Waals surface area contributed by atoms with Crippen LogP contribution in [0.1, 0.15) is 64.2 Å². The summed E-state index contributed by atoms with van der Waals surface area (Å²) in [5, 5.41) is 0. The Morgan fingerprint density at radius 3 is 1.29 bits per heavy atom. The summed E-state index contributed by atoms with van der Waals surface area (Å²) in [5.74, 6) is 0. The molecule has 0 aromatic heterocycles. The normalized spacial score (nSPS) is 25.7. The molecule has 2 rings (SSSR count). The van der Waals surface area contributed by atoms with Gasteiger partial charge in [0.25, 0.3) is 0 Å². The molecule has 0 atom stereocenters. The number of hydrogen-bond acceptors (Lipinski definition) is 1. The van der Waals surface area contributed by atoms with Crippen LogP contribution in [-0.4, -0.2) is 41.8 Å². The minimum absolute atomic E-state index is 0. The van der Waals surface area contributed by atoms with Crippen molar-refractivity contribution >= 4 is 29.6 Å². The summed E-state index contributed by atoms with van der Waals surface area (Å²) in [6.45, 7) is 0. The first-order valence-electron chi connectivity index (χ1n) is 6.10. The largest absolute Gasteiger partial charge is 0.375 e. The molecule has 2 aliphatic carbocycles. The van der Waals surface area contributed by atoms with Gasteiger partial charge in [-0.3, -0.25) is 0 Å². The minimum Gasteiger partial charge on any atom is -0.375 e. The molecule has 0 unspecified atom stereocenters. The van der Waals surface area contributed by atoms with Crippen LogP contribution in [0.3, 0.4) is 0 Å². The molecule has 0 heterocycles. The van der Waals surface area contributed by atoms with E-state index in [0.717, 1.165) is 0 Å². The van der Waals surface area contributed by atoms with E-state index in [9.17, 15) is 0 Å². The average molecular weight is 205 g/mol. The predicted molar refractivity (Wildman–Crippen MR) is 60.6 cm³/mol. The molecule has 1 radical (unpaired) electrons. The van der Waals surface area contributed by atoms with Gasteiger partial charge in [0.2, 0.25) is 0 Å². The standard InChI is InChI=1S/C12H22O.Na/c1-3-7-11(8-4-1)13-12-9-5-2-6-10-12;/h11-12H,1-10H2;. The molecular weight excluding hydrogens is 183 g/mol. The maximum atomic E-state index is 6.13. The molecule has 0 N–H and O–H groups in total. The van der Waals surface area contributed by atoms with Crippen molar-refractivity contribution in [3.05, 3.63) is 0 Å². The van der Waals surface area contributed by atoms with E-state index in [2.05, 4.69) is 0 Å². The van der Waals surface area contributed by atoms with E-state index in [1.54, 1.807) is 0 Å². The van der Waals surface area contributed by atoms with Crippen LogP contribution >= 0.6 is 0 Å². The molecule has 0 amide bonds. The van der Waals surface area contributed by atoms with Crippen LogP contribution < -0.4 is 0 Å². The Bertz CT molecular complexity index is 121. The quantitative estimate of drug-likeness (QED) is 0.629. The first-order valence-corrected chi connectivity index (χ1v) is 6.10. The second-order valence-corrected chi connectivity index (χ2v) is 4.66. The molecular formula is C12H22NaO. The Labute approximate surface area is 110 Å². The Kier molecular flexibility index (Phi) is 6.76. The third kappa shape index (κ3) is 4.22. The van der Waals surface area contributed by atoms with Gasteiger partial charge in [-0.05, 0) is 25.7 Å². The average Bonchev–Trinajstić information content (AvgIpc) is 2.21. The van der Waals surface area contributed by atoms with Crippen molar-refractivity contribution in [2.75, 3.05) is 0 Å². The molecule has 77 valence electrons.